The van der Waals surface area contributed by atoms with Gasteiger partial charge in [0.05, 0.1) is 0 Å². The minimum atomic E-state index is -3.68. The molecule has 0 aromatic heterocycles. The van der Waals surface area contributed by atoms with Crippen LogP contribution in [0.15, 0.2) is 24.3 Å². The van der Waals surface area contributed by atoms with Crippen molar-refractivity contribution in [1.82, 2.24) is 0 Å². The molecular weight excluding hydrogens is 476 g/mol. The van der Waals surface area contributed by atoms with Gasteiger partial charge in [0.1, 0.15) is 0 Å². The highest BCUT2D eigenvalue weighted by Gasteiger charge is 2.34. The number of rotatable bonds is 9. The molecular formula is C32H46F4O. The lowest BCUT2D eigenvalue weighted by Crippen LogP contribution is -2.26. The van der Waals surface area contributed by atoms with Gasteiger partial charge >= 0.3 is 6.11 Å². The van der Waals surface area contributed by atoms with Crippen LogP contribution in [0.4, 0.5) is 17.6 Å². The Morgan fingerprint density at radius 3 is 1.97 bits per heavy atom. The van der Waals surface area contributed by atoms with Crippen molar-refractivity contribution in [3.63, 3.8) is 0 Å². The third-order valence-electron chi connectivity index (χ3n) is 9.82. The molecule has 4 rings (SSSR count). The van der Waals surface area contributed by atoms with Crippen molar-refractivity contribution in [2.75, 3.05) is 0 Å². The molecule has 3 fully saturated rings. The number of allylic oxidation sites excluding steroid dienone is 1. The second kappa shape index (κ2) is 13.0. The van der Waals surface area contributed by atoms with Crippen LogP contribution in [0, 0.1) is 41.2 Å². The maximum Gasteiger partial charge on any atom is 0.419 e. The number of hydrogen-bond donors (Lipinski definition) is 0. The minimum Gasteiger partial charge on any atom is -0.426 e. The van der Waals surface area contributed by atoms with Crippen LogP contribution in [0.2, 0.25) is 0 Å². The molecule has 3 saturated carbocycles. The van der Waals surface area contributed by atoms with Crippen molar-refractivity contribution < 1.29 is 22.3 Å². The summed E-state index contributed by atoms with van der Waals surface area (Å²) in [6.07, 6.45) is 15.0. The highest BCUT2D eigenvalue weighted by atomic mass is 19.3. The van der Waals surface area contributed by atoms with E-state index in [1.807, 2.05) is 0 Å². The highest BCUT2D eigenvalue weighted by molar-refractivity contribution is 5.34. The molecule has 3 aliphatic rings. The third kappa shape index (κ3) is 7.53. The Balaban J connectivity index is 1.30. The summed E-state index contributed by atoms with van der Waals surface area (Å²) < 4.78 is 63.5. The number of alkyl halides is 2. The van der Waals surface area contributed by atoms with Gasteiger partial charge in [0.15, 0.2) is 11.6 Å². The van der Waals surface area contributed by atoms with Gasteiger partial charge in [-0.1, -0.05) is 58.1 Å². The van der Waals surface area contributed by atoms with Crippen LogP contribution in [0.5, 0.6) is 5.75 Å². The van der Waals surface area contributed by atoms with Gasteiger partial charge < -0.3 is 4.74 Å². The quantitative estimate of drug-likeness (QED) is 0.231. The van der Waals surface area contributed by atoms with Gasteiger partial charge in [-0.25, -0.2) is 4.39 Å². The van der Waals surface area contributed by atoms with Crippen molar-refractivity contribution in [1.29, 1.82) is 0 Å². The molecule has 0 unspecified atom stereocenters. The van der Waals surface area contributed by atoms with Crippen LogP contribution < -0.4 is 4.74 Å². The molecule has 1 aromatic rings. The lowest BCUT2D eigenvalue weighted by molar-refractivity contribution is -0.133. The van der Waals surface area contributed by atoms with E-state index < -0.39 is 23.5 Å². The largest absolute Gasteiger partial charge is 0.426 e. The molecule has 0 amide bonds. The van der Waals surface area contributed by atoms with Gasteiger partial charge in [-0.15, -0.1) is 0 Å². The van der Waals surface area contributed by atoms with Crippen LogP contribution in [0.25, 0.3) is 0 Å². The molecule has 1 nitrogen and oxygen atoms in total. The summed E-state index contributed by atoms with van der Waals surface area (Å²) >= 11 is 0. The first-order valence-electron chi connectivity index (χ1n) is 15.0. The summed E-state index contributed by atoms with van der Waals surface area (Å²) in [4.78, 5) is 0. The molecule has 1 aromatic carbocycles. The van der Waals surface area contributed by atoms with E-state index in [1.165, 1.54) is 56.7 Å². The predicted octanol–water partition coefficient (Wildman–Crippen LogP) is 10.6. The fraction of sp³-hybridized carbons (Fsp3) is 0.750. The fourth-order valence-electron chi connectivity index (χ4n) is 7.42. The van der Waals surface area contributed by atoms with Crippen molar-refractivity contribution in [3.8, 4) is 5.75 Å². The predicted molar refractivity (Wildman–Crippen MR) is 142 cm³/mol. The highest BCUT2D eigenvalue weighted by Crippen LogP contribution is 2.45. The Bertz CT molecular complexity index is 873. The molecule has 0 heterocycles. The molecule has 37 heavy (non-hydrogen) atoms. The standard InChI is InChI=1S/C32H46F4O/c1-3-5-23-6-8-24(9-7-23)20-21-32(35,36)37-29-19-18-28(30(33)31(29)34)27-16-14-26(15-17-27)25-12-10-22(4-2)11-13-25/h18-27H,3-17H2,1-2H3. The number of ether oxygens (including phenoxy) is 1. The monoisotopic (exact) mass is 522 g/mol. The van der Waals surface area contributed by atoms with E-state index in [9.17, 15) is 13.2 Å². The average molecular weight is 523 g/mol. The molecule has 0 aliphatic heterocycles. The van der Waals surface area contributed by atoms with Gasteiger partial charge in [-0.2, -0.15) is 13.2 Å². The van der Waals surface area contributed by atoms with E-state index >= 15 is 4.39 Å². The summed E-state index contributed by atoms with van der Waals surface area (Å²) in [5.74, 6) is -0.0115. The molecule has 0 N–H and O–H groups in total. The maximum atomic E-state index is 15.0. The number of halogens is 4. The minimum absolute atomic E-state index is 0.0602. The fourth-order valence-corrected chi connectivity index (χ4v) is 7.42. The smallest absolute Gasteiger partial charge is 0.419 e. The van der Waals surface area contributed by atoms with Crippen LogP contribution in [0.3, 0.4) is 0 Å². The van der Waals surface area contributed by atoms with Gasteiger partial charge in [0, 0.05) is 6.08 Å². The van der Waals surface area contributed by atoms with Crippen LogP contribution in [-0.2, 0) is 0 Å². The number of benzene rings is 1. The van der Waals surface area contributed by atoms with E-state index in [0.717, 1.165) is 75.7 Å². The summed E-state index contributed by atoms with van der Waals surface area (Å²) in [5, 5.41) is 0. The molecule has 3 aliphatic carbocycles. The average Bonchev–Trinajstić information content (AvgIpc) is 2.91. The Hall–Kier alpha value is -1.52. The van der Waals surface area contributed by atoms with E-state index in [-0.39, 0.29) is 11.8 Å². The molecule has 0 saturated heterocycles. The van der Waals surface area contributed by atoms with E-state index in [2.05, 4.69) is 18.6 Å². The molecule has 0 bridgehead atoms. The van der Waals surface area contributed by atoms with Crippen molar-refractivity contribution in [2.24, 2.45) is 29.6 Å². The van der Waals surface area contributed by atoms with E-state index in [0.29, 0.717) is 17.4 Å². The zero-order valence-corrected chi connectivity index (χ0v) is 22.8. The first kappa shape index (κ1) is 28.5. The van der Waals surface area contributed by atoms with Crippen molar-refractivity contribution >= 4 is 0 Å². The second-order valence-corrected chi connectivity index (χ2v) is 12.2. The maximum absolute atomic E-state index is 15.0. The van der Waals surface area contributed by atoms with Gasteiger partial charge in [0.25, 0.3) is 0 Å². The van der Waals surface area contributed by atoms with Gasteiger partial charge in [-0.3, -0.25) is 0 Å². The topological polar surface area (TPSA) is 9.23 Å². The Kier molecular flexibility index (Phi) is 10.0. The molecule has 0 radical (unpaired) electrons. The Morgan fingerprint density at radius 1 is 0.784 bits per heavy atom. The molecule has 0 spiro atoms. The zero-order chi connectivity index (χ0) is 26.4. The number of hydrogen-bond acceptors (Lipinski definition) is 1. The summed E-state index contributed by atoms with van der Waals surface area (Å²) in [6, 6.07) is 2.64. The molecule has 208 valence electrons. The molecule has 0 atom stereocenters. The first-order valence-corrected chi connectivity index (χ1v) is 15.0. The van der Waals surface area contributed by atoms with Crippen molar-refractivity contribution in [2.45, 2.75) is 122 Å². The summed E-state index contributed by atoms with van der Waals surface area (Å²) in [6.45, 7) is 4.44. The summed E-state index contributed by atoms with van der Waals surface area (Å²) in [5.41, 5.74) is 0.306. The van der Waals surface area contributed by atoms with E-state index in [4.69, 9.17) is 0 Å². The van der Waals surface area contributed by atoms with Gasteiger partial charge in [-0.05, 0) is 111 Å². The van der Waals surface area contributed by atoms with Crippen LogP contribution in [0.1, 0.15) is 122 Å². The van der Waals surface area contributed by atoms with Gasteiger partial charge in [0.2, 0.25) is 5.82 Å². The lowest BCUT2D eigenvalue weighted by atomic mass is 9.68. The SMILES string of the molecule is CCCC1CCC(C=CC(F)(F)Oc2ccc(C3CCC(C4CCC(CC)CC4)CC3)c(F)c2F)CC1. The first-order chi connectivity index (χ1) is 17.8. The van der Waals surface area contributed by atoms with Crippen LogP contribution >= 0.6 is 0 Å². The van der Waals surface area contributed by atoms with Crippen molar-refractivity contribution in [3.05, 3.63) is 41.5 Å². The Morgan fingerprint density at radius 2 is 1.38 bits per heavy atom. The Labute approximate surface area is 221 Å². The summed E-state index contributed by atoms with van der Waals surface area (Å²) in [7, 11) is 0. The van der Waals surface area contributed by atoms with E-state index in [1.54, 1.807) is 0 Å². The third-order valence-corrected chi connectivity index (χ3v) is 9.82. The lowest BCUT2D eigenvalue weighted by Gasteiger charge is -2.38. The molecule has 5 heteroatoms. The zero-order valence-electron chi connectivity index (χ0n) is 22.8. The normalized spacial score (nSPS) is 31.5. The van der Waals surface area contributed by atoms with Crippen LogP contribution in [-0.4, -0.2) is 6.11 Å². The second-order valence-electron chi connectivity index (χ2n) is 12.2.